The van der Waals surface area contributed by atoms with Gasteiger partial charge in [0.2, 0.25) is 5.91 Å². The Kier molecular flexibility index (Phi) is 5.34. The predicted octanol–water partition coefficient (Wildman–Crippen LogP) is 2.77. The molecule has 20 heavy (non-hydrogen) atoms. The van der Waals surface area contributed by atoms with Crippen molar-refractivity contribution < 1.29 is 14.6 Å². The van der Waals surface area contributed by atoms with E-state index in [1.165, 1.54) is 6.08 Å². The van der Waals surface area contributed by atoms with E-state index in [0.29, 0.717) is 0 Å². The molecule has 0 saturated heterocycles. The van der Waals surface area contributed by atoms with Crippen molar-refractivity contribution in [3.05, 3.63) is 41.5 Å². The van der Waals surface area contributed by atoms with Gasteiger partial charge in [-0.2, -0.15) is 0 Å². The Hall–Kier alpha value is -1.81. The molecule has 0 atom stereocenters. The summed E-state index contributed by atoms with van der Waals surface area (Å²) in [5.74, 6) is -0.0213. The van der Waals surface area contributed by atoms with Gasteiger partial charge in [0.25, 0.3) is 0 Å². The number of aryl methyl sites for hydroxylation is 1. The summed E-state index contributed by atoms with van der Waals surface area (Å²) in [4.78, 5) is 11.0. The fourth-order valence-electron chi connectivity index (χ4n) is 1.89. The van der Waals surface area contributed by atoms with E-state index in [9.17, 15) is 9.90 Å². The summed E-state index contributed by atoms with van der Waals surface area (Å²) in [6.45, 7) is 11.8. The molecule has 0 saturated carbocycles. The van der Waals surface area contributed by atoms with Crippen LogP contribution < -0.4 is 5.32 Å². The molecule has 0 aliphatic heterocycles. The molecule has 0 aliphatic rings. The summed E-state index contributed by atoms with van der Waals surface area (Å²) in [6.07, 6.45) is 1.19. The maximum absolute atomic E-state index is 11.0. The molecule has 0 aromatic heterocycles. The summed E-state index contributed by atoms with van der Waals surface area (Å²) in [5, 5.41) is 12.8. The van der Waals surface area contributed by atoms with Crippen molar-refractivity contribution in [3.63, 3.8) is 0 Å². The van der Waals surface area contributed by atoms with Gasteiger partial charge in [-0.05, 0) is 24.0 Å². The van der Waals surface area contributed by atoms with Crippen LogP contribution in [0.5, 0.6) is 5.75 Å². The number of carbonyl (C=O) groups is 1. The minimum atomic E-state index is -0.283. The van der Waals surface area contributed by atoms with Crippen molar-refractivity contribution in [1.29, 1.82) is 0 Å². The molecule has 1 amide bonds. The molecule has 1 aromatic rings. The maximum Gasteiger partial charge on any atom is 0.245 e. The first-order valence-corrected chi connectivity index (χ1v) is 6.56. The van der Waals surface area contributed by atoms with Crippen molar-refractivity contribution in [1.82, 2.24) is 5.32 Å². The van der Waals surface area contributed by atoms with Crippen LogP contribution in [0.2, 0.25) is 0 Å². The van der Waals surface area contributed by atoms with E-state index in [4.69, 9.17) is 4.74 Å². The molecule has 0 aliphatic carbocycles. The SMILES string of the molecule is C=CC(=O)NCOCc1cc(C)cc(C(C)(C)C)c1O. The summed E-state index contributed by atoms with van der Waals surface area (Å²) in [6, 6.07) is 3.87. The Labute approximate surface area is 120 Å². The molecule has 110 valence electrons. The van der Waals surface area contributed by atoms with Crippen LogP contribution in [0.1, 0.15) is 37.5 Å². The highest BCUT2D eigenvalue weighted by Gasteiger charge is 2.20. The molecule has 4 nitrogen and oxygen atoms in total. The number of ether oxygens (including phenoxy) is 1. The smallest absolute Gasteiger partial charge is 0.245 e. The molecule has 1 rings (SSSR count). The summed E-state index contributed by atoms with van der Waals surface area (Å²) in [5.41, 5.74) is 2.55. The van der Waals surface area contributed by atoms with E-state index >= 15 is 0 Å². The van der Waals surface area contributed by atoms with Gasteiger partial charge in [0, 0.05) is 5.56 Å². The molecule has 0 bridgehead atoms. The normalized spacial score (nSPS) is 11.2. The molecule has 4 heteroatoms. The Morgan fingerprint density at radius 2 is 2.10 bits per heavy atom. The van der Waals surface area contributed by atoms with Crippen molar-refractivity contribution in [3.8, 4) is 5.75 Å². The summed E-state index contributed by atoms with van der Waals surface area (Å²) in [7, 11) is 0. The Morgan fingerprint density at radius 3 is 2.65 bits per heavy atom. The van der Waals surface area contributed by atoms with Gasteiger partial charge >= 0.3 is 0 Å². The largest absolute Gasteiger partial charge is 0.507 e. The molecule has 1 aromatic carbocycles. The lowest BCUT2D eigenvalue weighted by Crippen LogP contribution is -2.23. The first-order valence-electron chi connectivity index (χ1n) is 6.56. The number of benzene rings is 1. The van der Waals surface area contributed by atoms with Gasteiger partial charge in [-0.3, -0.25) is 4.79 Å². The van der Waals surface area contributed by atoms with Gasteiger partial charge in [-0.15, -0.1) is 0 Å². The number of hydrogen-bond acceptors (Lipinski definition) is 3. The van der Waals surface area contributed by atoms with Gasteiger partial charge in [0.15, 0.2) is 0 Å². The van der Waals surface area contributed by atoms with Crippen molar-refractivity contribution in [2.24, 2.45) is 0 Å². The van der Waals surface area contributed by atoms with Crippen LogP contribution in [0.3, 0.4) is 0 Å². The predicted molar refractivity (Wildman–Crippen MR) is 79.5 cm³/mol. The third kappa shape index (κ3) is 4.38. The lowest BCUT2D eigenvalue weighted by atomic mass is 9.84. The Bertz CT molecular complexity index is 501. The fraction of sp³-hybridized carbons (Fsp3) is 0.438. The van der Waals surface area contributed by atoms with E-state index < -0.39 is 0 Å². The van der Waals surface area contributed by atoms with Crippen LogP contribution in [-0.2, 0) is 21.6 Å². The highest BCUT2D eigenvalue weighted by molar-refractivity contribution is 5.86. The third-order valence-corrected chi connectivity index (χ3v) is 2.93. The first kappa shape index (κ1) is 16.2. The number of phenolic OH excluding ortho intramolecular Hbond substituents is 1. The van der Waals surface area contributed by atoms with Crippen LogP contribution in [0.25, 0.3) is 0 Å². The lowest BCUT2D eigenvalue weighted by Gasteiger charge is -2.23. The number of aromatic hydroxyl groups is 1. The Morgan fingerprint density at radius 1 is 1.45 bits per heavy atom. The lowest BCUT2D eigenvalue weighted by molar-refractivity contribution is -0.118. The molecule has 0 spiro atoms. The Balaban J connectivity index is 2.78. The van der Waals surface area contributed by atoms with Gasteiger partial charge in [-0.25, -0.2) is 0 Å². The number of amides is 1. The number of hydrogen-bond donors (Lipinski definition) is 2. The molecular weight excluding hydrogens is 254 g/mol. The quantitative estimate of drug-likeness (QED) is 0.494. The van der Waals surface area contributed by atoms with Crippen LogP contribution in [0.15, 0.2) is 24.8 Å². The van der Waals surface area contributed by atoms with Gasteiger partial charge in [0.1, 0.15) is 12.5 Å². The van der Waals surface area contributed by atoms with Gasteiger partial charge < -0.3 is 15.2 Å². The zero-order chi connectivity index (χ0) is 15.3. The number of phenols is 1. The van der Waals surface area contributed by atoms with Crippen molar-refractivity contribution in [2.45, 2.75) is 39.7 Å². The van der Waals surface area contributed by atoms with E-state index in [1.807, 2.05) is 19.1 Å². The molecule has 0 fully saturated rings. The second-order valence-corrected chi connectivity index (χ2v) is 5.81. The van der Waals surface area contributed by atoms with Crippen LogP contribution in [0.4, 0.5) is 0 Å². The average Bonchev–Trinajstić information content (AvgIpc) is 2.36. The monoisotopic (exact) mass is 277 g/mol. The average molecular weight is 277 g/mol. The number of rotatable bonds is 5. The zero-order valence-corrected chi connectivity index (χ0v) is 12.6. The first-order chi connectivity index (χ1) is 9.25. The van der Waals surface area contributed by atoms with Gasteiger partial charge in [0.05, 0.1) is 6.61 Å². The molecule has 0 heterocycles. The van der Waals surface area contributed by atoms with E-state index in [0.717, 1.165) is 16.7 Å². The highest BCUT2D eigenvalue weighted by atomic mass is 16.5. The maximum atomic E-state index is 11.0. The fourth-order valence-corrected chi connectivity index (χ4v) is 1.89. The van der Waals surface area contributed by atoms with Crippen LogP contribution in [0, 0.1) is 6.92 Å². The summed E-state index contributed by atoms with van der Waals surface area (Å²) >= 11 is 0. The molecule has 0 radical (unpaired) electrons. The zero-order valence-electron chi connectivity index (χ0n) is 12.6. The van der Waals surface area contributed by atoms with Crippen molar-refractivity contribution >= 4 is 5.91 Å². The van der Waals surface area contributed by atoms with E-state index in [1.54, 1.807) is 0 Å². The van der Waals surface area contributed by atoms with E-state index in [2.05, 4.69) is 32.7 Å². The minimum absolute atomic E-state index is 0.0864. The summed E-state index contributed by atoms with van der Waals surface area (Å²) < 4.78 is 5.36. The highest BCUT2D eigenvalue weighted by Crippen LogP contribution is 2.34. The number of nitrogens with one attached hydrogen (secondary N) is 1. The second-order valence-electron chi connectivity index (χ2n) is 5.81. The molecule has 2 N–H and O–H groups in total. The standard InChI is InChI=1S/C16H23NO3/c1-6-14(18)17-10-20-9-12-7-11(2)8-13(15(12)19)16(3,4)5/h6-8,19H,1,9-10H2,2-5H3,(H,17,18). The minimum Gasteiger partial charge on any atom is -0.507 e. The van der Waals surface area contributed by atoms with Gasteiger partial charge in [-0.1, -0.05) is 45.0 Å². The second kappa shape index (κ2) is 6.57. The van der Waals surface area contributed by atoms with Crippen LogP contribution >= 0.6 is 0 Å². The third-order valence-electron chi connectivity index (χ3n) is 2.93. The van der Waals surface area contributed by atoms with E-state index in [-0.39, 0.29) is 30.4 Å². The van der Waals surface area contributed by atoms with Crippen LogP contribution in [-0.4, -0.2) is 17.7 Å². The number of carbonyl (C=O) groups excluding carboxylic acids is 1. The van der Waals surface area contributed by atoms with Crippen molar-refractivity contribution in [2.75, 3.05) is 6.73 Å². The molecular formula is C16H23NO3. The molecule has 0 unspecified atom stereocenters. The topological polar surface area (TPSA) is 58.6 Å².